The number of para-hydroxylation sites is 2. The van der Waals surface area contributed by atoms with Gasteiger partial charge in [0.25, 0.3) is 5.91 Å². The second-order valence-corrected chi connectivity index (χ2v) is 3.89. The van der Waals surface area contributed by atoms with Crippen LogP contribution >= 0.6 is 0 Å². The van der Waals surface area contributed by atoms with Gasteiger partial charge in [0.05, 0.1) is 5.69 Å². The van der Waals surface area contributed by atoms with E-state index < -0.39 is 25.4 Å². The smallest absolute Gasteiger partial charge is 0.479 e. The van der Waals surface area contributed by atoms with Crippen LogP contribution in [0.25, 0.3) is 0 Å². The molecule has 1 aromatic carbocycles. The maximum Gasteiger partial charge on any atom is 1.00 e. The number of carbonyl (C=O) groups is 1. The van der Waals surface area contributed by atoms with Crippen LogP contribution in [0, 0.1) is 0 Å². The third-order valence-electron chi connectivity index (χ3n) is 2.46. The van der Waals surface area contributed by atoms with Crippen molar-refractivity contribution in [2.24, 2.45) is 0 Å². The summed E-state index contributed by atoms with van der Waals surface area (Å²) in [7, 11) is 0. The third-order valence-corrected chi connectivity index (χ3v) is 2.46. The molecule has 1 aliphatic heterocycles. The zero-order valence-electron chi connectivity index (χ0n) is 10.1. The summed E-state index contributed by atoms with van der Waals surface area (Å²) in [6.45, 7) is -3.62. The zero-order valence-corrected chi connectivity index (χ0v) is 13.2. The molecule has 0 aromatic heterocycles. The number of hydrogen-bond donors (Lipinski definition) is 0. The molecule has 0 radical (unpaired) electrons. The number of anilines is 1. The van der Waals surface area contributed by atoms with Crippen molar-refractivity contribution < 1.29 is 73.9 Å². The van der Waals surface area contributed by atoms with E-state index in [1.54, 1.807) is 18.2 Å². The van der Waals surface area contributed by atoms with Gasteiger partial charge in [-0.25, -0.2) is 0 Å². The minimum Gasteiger partial charge on any atom is -0.479 e. The van der Waals surface area contributed by atoms with E-state index in [1.165, 1.54) is 13.0 Å². The molecule has 1 aromatic rings. The molecule has 0 saturated heterocycles. The van der Waals surface area contributed by atoms with Gasteiger partial charge in [-0.15, -0.1) is 0 Å². The molecule has 3 nitrogen and oxygen atoms in total. The molecule has 1 heterocycles. The van der Waals surface area contributed by atoms with Crippen molar-refractivity contribution in [3.05, 3.63) is 24.3 Å². The van der Waals surface area contributed by atoms with Gasteiger partial charge >= 0.3 is 58.4 Å². The number of rotatable bonds is 2. The van der Waals surface area contributed by atoms with E-state index in [4.69, 9.17) is 4.74 Å². The van der Waals surface area contributed by atoms with Gasteiger partial charge in [0, 0.05) is 0 Å². The molecule has 8 heteroatoms. The first-order chi connectivity index (χ1) is 7.88. The quantitative estimate of drug-likeness (QED) is 0.665. The van der Waals surface area contributed by atoms with E-state index >= 15 is 0 Å². The molecule has 18 heavy (non-hydrogen) atoms. The Hall–Kier alpha value is -0.0187. The predicted molar refractivity (Wildman–Crippen MR) is 58.0 cm³/mol. The van der Waals surface area contributed by atoms with Crippen LogP contribution in [0.1, 0.15) is 6.92 Å². The van der Waals surface area contributed by atoms with Crippen LogP contribution in [0.3, 0.4) is 0 Å². The normalized spacial score (nSPS) is 18.8. The average molecular weight is 283 g/mol. The zero-order chi connectivity index (χ0) is 12.6. The van der Waals surface area contributed by atoms with E-state index in [9.17, 15) is 17.7 Å². The van der Waals surface area contributed by atoms with Gasteiger partial charge in [0.2, 0.25) is 0 Å². The van der Waals surface area contributed by atoms with Crippen LogP contribution in [0.2, 0.25) is 0 Å². The first-order valence-electron chi connectivity index (χ1n) is 5.16. The van der Waals surface area contributed by atoms with E-state index in [1.807, 2.05) is 0 Å². The standard InChI is InChI=1S/C10H10BF3NO2.K/c1-7-10(16)15(6-11(12,13)14)8-4-2-3-5-9(8)17-7;/h2-5,7H,6H2,1H3;/q-1;+1. The van der Waals surface area contributed by atoms with Gasteiger partial charge in [-0.05, 0) is 25.5 Å². The number of amides is 1. The number of ether oxygens (including phenoxy) is 1. The van der Waals surface area contributed by atoms with Crippen LogP contribution in [-0.4, -0.2) is 25.4 Å². The summed E-state index contributed by atoms with van der Waals surface area (Å²) in [6, 6.07) is 6.22. The number of nitrogens with zero attached hydrogens (tertiary/aromatic N) is 1. The molecule has 0 spiro atoms. The van der Waals surface area contributed by atoms with Crippen LogP contribution in [0.5, 0.6) is 5.75 Å². The SMILES string of the molecule is CC1Oc2ccccc2N(C[B-](F)(F)F)C1=O.[K+]. The van der Waals surface area contributed by atoms with Crippen molar-refractivity contribution in [1.29, 1.82) is 0 Å². The van der Waals surface area contributed by atoms with E-state index in [-0.39, 0.29) is 57.1 Å². The molecule has 1 aliphatic rings. The Kier molecular flexibility index (Phi) is 5.31. The van der Waals surface area contributed by atoms with Gasteiger partial charge in [-0.1, -0.05) is 12.1 Å². The topological polar surface area (TPSA) is 29.5 Å². The molecular formula is C10H10BF3KNO2. The second kappa shape index (κ2) is 5.96. The summed E-state index contributed by atoms with van der Waals surface area (Å²) in [5.74, 6) is -0.359. The molecule has 0 fully saturated rings. The van der Waals surface area contributed by atoms with Gasteiger partial charge in [-0.2, -0.15) is 0 Å². The Morgan fingerprint density at radius 1 is 1.33 bits per heavy atom. The van der Waals surface area contributed by atoms with Gasteiger partial charge < -0.3 is 22.6 Å². The monoisotopic (exact) mass is 283 g/mol. The van der Waals surface area contributed by atoms with E-state index in [0.717, 1.165) is 4.90 Å². The van der Waals surface area contributed by atoms with Crippen molar-refractivity contribution in [3.63, 3.8) is 0 Å². The Labute approximate surface area is 145 Å². The van der Waals surface area contributed by atoms with Gasteiger partial charge in [0.1, 0.15) is 5.75 Å². The molecule has 92 valence electrons. The fourth-order valence-corrected chi connectivity index (χ4v) is 1.75. The van der Waals surface area contributed by atoms with Crippen LogP contribution in [0.4, 0.5) is 18.6 Å². The number of halogens is 3. The number of fused-ring (bicyclic) bond motifs is 1. The Balaban J connectivity index is 0.00000162. The summed E-state index contributed by atoms with van der Waals surface area (Å²) in [4.78, 5) is 12.4. The third kappa shape index (κ3) is 3.51. The van der Waals surface area contributed by atoms with Crippen LogP contribution < -0.4 is 61.0 Å². The molecule has 0 bridgehead atoms. The van der Waals surface area contributed by atoms with Crippen molar-refractivity contribution in [2.75, 3.05) is 11.3 Å². The maximum atomic E-state index is 12.5. The first kappa shape index (κ1) is 16.0. The summed E-state index contributed by atoms with van der Waals surface area (Å²) in [6.07, 6.45) is -2.12. The second-order valence-electron chi connectivity index (χ2n) is 3.89. The Bertz CT molecular complexity index is 455. The molecular weight excluding hydrogens is 273 g/mol. The van der Waals surface area contributed by atoms with E-state index in [0.29, 0.717) is 5.75 Å². The predicted octanol–water partition coefficient (Wildman–Crippen LogP) is -0.809. The summed E-state index contributed by atoms with van der Waals surface area (Å²) >= 11 is 0. The molecule has 1 atom stereocenters. The Morgan fingerprint density at radius 2 is 1.94 bits per heavy atom. The molecule has 1 amide bonds. The van der Waals surface area contributed by atoms with Crippen LogP contribution in [-0.2, 0) is 4.79 Å². The number of carbonyl (C=O) groups excluding carboxylic acids is 1. The molecule has 0 N–H and O–H groups in total. The average Bonchev–Trinajstić information content (AvgIpc) is 2.23. The summed E-state index contributed by atoms with van der Waals surface area (Å²) in [5, 5.41) is 0. The molecule has 0 aliphatic carbocycles. The fourth-order valence-electron chi connectivity index (χ4n) is 1.75. The summed E-state index contributed by atoms with van der Waals surface area (Å²) in [5.41, 5.74) is 0.176. The van der Waals surface area contributed by atoms with Crippen molar-refractivity contribution in [1.82, 2.24) is 0 Å². The molecule has 2 rings (SSSR count). The fraction of sp³-hybridized carbons (Fsp3) is 0.300. The van der Waals surface area contributed by atoms with Gasteiger partial charge in [-0.3, -0.25) is 4.79 Å². The maximum absolute atomic E-state index is 12.5. The first-order valence-corrected chi connectivity index (χ1v) is 5.16. The largest absolute Gasteiger partial charge is 1.00 e. The van der Waals surface area contributed by atoms with Crippen molar-refractivity contribution in [3.8, 4) is 5.75 Å². The van der Waals surface area contributed by atoms with Crippen molar-refractivity contribution >= 4 is 18.6 Å². The minimum atomic E-state index is -5.06. The Morgan fingerprint density at radius 3 is 2.56 bits per heavy atom. The minimum absolute atomic E-state index is 0. The molecule has 0 saturated carbocycles. The van der Waals surface area contributed by atoms with E-state index in [2.05, 4.69) is 0 Å². The van der Waals surface area contributed by atoms with Crippen LogP contribution in [0.15, 0.2) is 24.3 Å². The number of hydrogen-bond acceptors (Lipinski definition) is 2. The number of benzene rings is 1. The summed E-state index contributed by atoms with van der Waals surface area (Å²) < 4.78 is 42.6. The van der Waals surface area contributed by atoms with Crippen molar-refractivity contribution in [2.45, 2.75) is 13.0 Å². The van der Waals surface area contributed by atoms with Gasteiger partial charge in [0.15, 0.2) is 6.10 Å². The molecule has 1 unspecified atom stereocenters.